The molecule has 0 bridgehead atoms. The van der Waals surface area contributed by atoms with Crippen LogP contribution >= 0.6 is 0 Å². The number of allylic oxidation sites excluding steroid dienone is 6. The number of carbonyl (C=O) groups excluding carboxylic acids is 2. The fourth-order valence-corrected chi connectivity index (χ4v) is 8.36. The van der Waals surface area contributed by atoms with Gasteiger partial charge < -0.3 is 14.2 Å². The first-order valence-corrected chi connectivity index (χ1v) is 28.5. The lowest BCUT2D eigenvalue weighted by molar-refractivity contribution is -0.163. The maximum absolute atomic E-state index is 12.8. The van der Waals surface area contributed by atoms with Gasteiger partial charge in [-0.2, -0.15) is 0 Å². The van der Waals surface area contributed by atoms with Crippen LogP contribution in [-0.4, -0.2) is 37.9 Å². The average molecular weight is 900 g/mol. The number of unbranched alkanes of at least 4 members (excludes halogenated alkanes) is 36. The van der Waals surface area contributed by atoms with Gasteiger partial charge in [-0.05, 0) is 77.0 Å². The topological polar surface area (TPSA) is 61.8 Å². The van der Waals surface area contributed by atoms with E-state index >= 15 is 0 Å². The normalized spacial score (nSPS) is 12.4. The third-order valence-electron chi connectivity index (χ3n) is 12.6. The van der Waals surface area contributed by atoms with E-state index in [1.165, 1.54) is 225 Å². The monoisotopic (exact) mass is 899 g/mol. The number of rotatable bonds is 53. The van der Waals surface area contributed by atoms with Gasteiger partial charge in [0.25, 0.3) is 0 Å². The quantitative estimate of drug-likeness (QED) is 0.0346. The zero-order valence-corrected chi connectivity index (χ0v) is 43.3. The largest absolute Gasteiger partial charge is 0.462 e. The second-order valence-corrected chi connectivity index (χ2v) is 19.2. The van der Waals surface area contributed by atoms with Gasteiger partial charge in [0.1, 0.15) is 6.61 Å². The van der Waals surface area contributed by atoms with E-state index < -0.39 is 6.10 Å². The van der Waals surface area contributed by atoms with E-state index in [-0.39, 0.29) is 25.2 Å². The third kappa shape index (κ3) is 52.7. The molecule has 0 heterocycles. The molecule has 64 heavy (non-hydrogen) atoms. The number of hydrogen-bond acceptors (Lipinski definition) is 5. The maximum Gasteiger partial charge on any atom is 0.306 e. The maximum atomic E-state index is 12.8. The Balaban J connectivity index is 4.21. The fourth-order valence-electron chi connectivity index (χ4n) is 8.36. The molecule has 0 aliphatic carbocycles. The SMILES string of the molecule is CCCCC/C=C\C/C=C\CCCCCCCCCC(=O)OC(COCCCCCCCCCCCCCC)COC(=O)CCCCCCCCCCC/C=C\CCCCCCCC. The Hall–Kier alpha value is -1.88. The Morgan fingerprint density at radius 1 is 0.344 bits per heavy atom. The van der Waals surface area contributed by atoms with Crippen LogP contribution in [0.1, 0.15) is 303 Å². The molecular formula is C59H110O5. The number of carbonyl (C=O) groups is 2. The molecule has 0 aliphatic rings. The fraction of sp³-hybridized carbons (Fsp3) is 0.864. The summed E-state index contributed by atoms with van der Waals surface area (Å²) in [6.07, 6.45) is 67.3. The summed E-state index contributed by atoms with van der Waals surface area (Å²) in [6, 6.07) is 0. The zero-order chi connectivity index (χ0) is 46.3. The minimum Gasteiger partial charge on any atom is -0.462 e. The Kier molecular flexibility index (Phi) is 53.8. The lowest BCUT2D eigenvalue weighted by Gasteiger charge is -2.18. The van der Waals surface area contributed by atoms with E-state index in [1.807, 2.05) is 0 Å². The molecule has 5 heteroatoms. The van der Waals surface area contributed by atoms with Crippen molar-refractivity contribution in [3.05, 3.63) is 36.5 Å². The minimum atomic E-state index is -0.536. The van der Waals surface area contributed by atoms with Crippen LogP contribution in [0.3, 0.4) is 0 Å². The van der Waals surface area contributed by atoms with Crippen LogP contribution in [0, 0.1) is 0 Å². The van der Waals surface area contributed by atoms with E-state index in [4.69, 9.17) is 14.2 Å². The molecule has 0 saturated carbocycles. The molecule has 1 atom stereocenters. The third-order valence-corrected chi connectivity index (χ3v) is 12.6. The van der Waals surface area contributed by atoms with Crippen LogP contribution in [0.15, 0.2) is 36.5 Å². The zero-order valence-electron chi connectivity index (χ0n) is 43.3. The van der Waals surface area contributed by atoms with Crippen molar-refractivity contribution in [1.82, 2.24) is 0 Å². The Morgan fingerprint density at radius 3 is 1.08 bits per heavy atom. The summed E-state index contributed by atoms with van der Waals surface area (Å²) in [5.74, 6) is -0.391. The summed E-state index contributed by atoms with van der Waals surface area (Å²) in [5.41, 5.74) is 0. The van der Waals surface area contributed by atoms with Crippen molar-refractivity contribution in [2.45, 2.75) is 309 Å². The summed E-state index contributed by atoms with van der Waals surface area (Å²) in [7, 11) is 0. The van der Waals surface area contributed by atoms with Gasteiger partial charge in [0.2, 0.25) is 0 Å². The van der Waals surface area contributed by atoms with Gasteiger partial charge in [-0.15, -0.1) is 0 Å². The van der Waals surface area contributed by atoms with Crippen LogP contribution < -0.4 is 0 Å². The lowest BCUT2D eigenvalue weighted by Crippen LogP contribution is -2.30. The minimum absolute atomic E-state index is 0.0862. The van der Waals surface area contributed by atoms with Crippen LogP contribution in [0.25, 0.3) is 0 Å². The predicted octanol–water partition coefficient (Wildman–Crippen LogP) is 19.4. The van der Waals surface area contributed by atoms with E-state index in [9.17, 15) is 9.59 Å². The van der Waals surface area contributed by atoms with Crippen LogP contribution in [-0.2, 0) is 23.8 Å². The summed E-state index contributed by atoms with van der Waals surface area (Å²) in [5, 5.41) is 0. The first-order valence-electron chi connectivity index (χ1n) is 28.5. The highest BCUT2D eigenvalue weighted by atomic mass is 16.6. The molecule has 0 aromatic carbocycles. The van der Waals surface area contributed by atoms with Gasteiger partial charge in [0.05, 0.1) is 6.61 Å². The van der Waals surface area contributed by atoms with Gasteiger partial charge in [0.15, 0.2) is 6.10 Å². The molecule has 0 spiro atoms. The molecule has 0 amide bonds. The van der Waals surface area contributed by atoms with Crippen LogP contribution in [0.5, 0.6) is 0 Å². The van der Waals surface area contributed by atoms with Gasteiger partial charge in [-0.25, -0.2) is 0 Å². The molecular weight excluding hydrogens is 789 g/mol. The number of ether oxygens (including phenoxy) is 3. The summed E-state index contributed by atoms with van der Waals surface area (Å²) in [4.78, 5) is 25.5. The number of hydrogen-bond donors (Lipinski definition) is 0. The molecule has 0 aromatic heterocycles. The molecule has 0 N–H and O–H groups in total. The summed E-state index contributed by atoms with van der Waals surface area (Å²) in [6.45, 7) is 7.84. The Labute approximate surface area is 400 Å². The second kappa shape index (κ2) is 55.4. The Bertz CT molecular complexity index is 1020. The Morgan fingerprint density at radius 2 is 0.656 bits per heavy atom. The van der Waals surface area contributed by atoms with Gasteiger partial charge in [-0.3, -0.25) is 9.59 Å². The second-order valence-electron chi connectivity index (χ2n) is 19.2. The molecule has 0 radical (unpaired) electrons. The highest BCUT2D eigenvalue weighted by molar-refractivity contribution is 5.70. The van der Waals surface area contributed by atoms with Crippen molar-refractivity contribution in [3.8, 4) is 0 Å². The van der Waals surface area contributed by atoms with Crippen molar-refractivity contribution in [3.63, 3.8) is 0 Å². The summed E-state index contributed by atoms with van der Waals surface area (Å²) < 4.78 is 17.5. The van der Waals surface area contributed by atoms with Crippen LogP contribution in [0.2, 0.25) is 0 Å². The average Bonchev–Trinajstić information content (AvgIpc) is 3.30. The molecule has 0 aliphatic heterocycles. The van der Waals surface area contributed by atoms with E-state index in [0.29, 0.717) is 19.4 Å². The van der Waals surface area contributed by atoms with Gasteiger partial charge in [0, 0.05) is 19.4 Å². The molecule has 5 nitrogen and oxygen atoms in total. The van der Waals surface area contributed by atoms with Crippen molar-refractivity contribution in [2.75, 3.05) is 19.8 Å². The molecule has 0 rings (SSSR count). The smallest absolute Gasteiger partial charge is 0.306 e. The van der Waals surface area contributed by atoms with Crippen molar-refractivity contribution in [2.24, 2.45) is 0 Å². The van der Waals surface area contributed by atoms with Crippen LogP contribution in [0.4, 0.5) is 0 Å². The van der Waals surface area contributed by atoms with E-state index in [2.05, 4.69) is 57.2 Å². The van der Waals surface area contributed by atoms with Gasteiger partial charge >= 0.3 is 11.9 Å². The van der Waals surface area contributed by atoms with E-state index in [1.54, 1.807) is 0 Å². The first-order chi connectivity index (χ1) is 31.6. The predicted molar refractivity (Wildman–Crippen MR) is 279 cm³/mol. The molecule has 0 fully saturated rings. The highest BCUT2D eigenvalue weighted by Crippen LogP contribution is 2.16. The molecule has 0 aromatic rings. The van der Waals surface area contributed by atoms with Crippen molar-refractivity contribution < 1.29 is 23.8 Å². The van der Waals surface area contributed by atoms with Crippen molar-refractivity contribution >= 4 is 11.9 Å². The molecule has 376 valence electrons. The highest BCUT2D eigenvalue weighted by Gasteiger charge is 2.17. The first kappa shape index (κ1) is 62.1. The van der Waals surface area contributed by atoms with Crippen molar-refractivity contribution in [1.29, 1.82) is 0 Å². The lowest BCUT2D eigenvalue weighted by atomic mass is 10.1. The van der Waals surface area contributed by atoms with Gasteiger partial charge in [-0.1, -0.05) is 250 Å². The number of esters is 2. The summed E-state index contributed by atoms with van der Waals surface area (Å²) >= 11 is 0. The molecule has 1 unspecified atom stereocenters. The molecule has 0 saturated heterocycles. The standard InChI is InChI=1S/C59H110O5/c1-4-7-10-13-16-19-22-25-27-29-30-32-33-35-37-40-43-46-49-52-58(60)63-56-57(55-62-54-51-48-45-42-39-24-21-18-15-12-9-6-3)64-59(61)53-50-47-44-41-38-36-34-31-28-26-23-20-17-14-11-8-5-2/h17,20,25-28,57H,4-16,18-19,21-24,29-56H2,1-3H3/b20-17-,27-25-,28-26-. The van der Waals surface area contributed by atoms with E-state index in [0.717, 1.165) is 44.9 Å².